The quantitative estimate of drug-likeness (QED) is 0.527. The van der Waals surface area contributed by atoms with E-state index in [0.29, 0.717) is 10.0 Å². The van der Waals surface area contributed by atoms with E-state index in [1.807, 2.05) is 37.8 Å². The minimum atomic E-state index is 0.662. The van der Waals surface area contributed by atoms with Crippen LogP contribution in [0.3, 0.4) is 0 Å². The number of nitrogens with zero attached hydrogens (tertiary/aromatic N) is 5. The van der Waals surface area contributed by atoms with Crippen molar-refractivity contribution >= 4 is 23.2 Å². The standard InChI is InChI=1S/C20H25Cl2N5/c1-3-20-24-16(2)13-27(20)11-10-25(8-9-26-7-6-23-15-26)14-17-4-5-18(21)12-19(17)22/h4-7,12-13,15H,3,8-11,14H2,1-2H3. The minimum absolute atomic E-state index is 0.662. The van der Waals surface area contributed by atoms with Gasteiger partial charge < -0.3 is 9.13 Å². The summed E-state index contributed by atoms with van der Waals surface area (Å²) in [5, 5.41) is 1.37. The van der Waals surface area contributed by atoms with Gasteiger partial charge in [-0.15, -0.1) is 0 Å². The Balaban J connectivity index is 1.70. The normalized spacial score (nSPS) is 11.4. The summed E-state index contributed by atoms with van der Waals surface area (Å²) < 4.78 is 4.35. The average molecular weight is 406 g/mol. The lowest BCUT2D eigenvalue weighted by Crippen LogP contribution is -2.30. The van der Waals surface area contributed by atoms with Crippen LogP contribution in [0.4, 0.5) is 0 Å². The molecule has 1 aromatic carbocycles. The van der Waals surface area contributed by atoms with Gasteiger partial charge in [0.25, 0.3) is 0 Å². The molecule has 0 atom stereocenters. The van der Waals surface area contributed by atoms with Crippen molar-refractivity contribution in [2.24, 2.45) is 0 Å². The van der Waals surface area contributed by atoms with Crippen LogP contribution in [0.2, 0.25) is 10.0 Å². The summed E-state index contributed by atoms with van der Waals surface area (Å²) in [5.74, 6) is 1.13. The average Bonchev–Trinajstić information content (AvgIpc) is 3.28. The van der Waals surface area contributed by atoms with Gasteiger partial charge in [-0.1, -0.05) is 36.2 Å². The second-order valence-electron chi connectivity index (χ2n) is 6.66. The molecule has 0 aliphatic rings. The van der Waals surface area contributed by atoms with Crippen LogP contribution in [-0.2, 0) is 26.1 Å². The maximum Gasteiger partial charge on any atom is 0.108 e. The highest BCUT2D eigenvalue weighted by Crippen LogP contribution is 2.22. The number of imidazole rings is 2. The fourth-order valence-corrected chi connectivity index (χ4v) is 3.63. The van der Waals surface area contributed by atoms with Gasteiger partial charge >= 0.3 is 0 Å². The van der Waals surface area contributed by atoms with Crippen LogP contribution in [-0.4, -0.2) is 37.1 Å². The van der Waals surface area contributed by atoms with Crippen LogP contribution in [0.1, 0.15) is 24.0 Å². The molecule has 0 saturated carbocycles. The van der Waals surface area contributed by atoms with Gasteiger partial charge in [0.05, 0.1) is 12.0 Å². The Kier molecular flexibility index (Phi) is 6.94. The molecule has 0 fully saturated rings. The smallest absolute Gasteiger partial charge is 0.108 e. The Labute approximate surface area is 170 Å². The van der Waals surface area contributed by atoms with Crippen molar-refractivity contribution in [3.8, 4) is 0 Å². The van der Waals surface area contributed by atoms with Gasteiger partial charge in [-0.2, -0.15) is 0 Å². The number of aromatic nitrogens is 4. The van der Waals surface area contributed by atoms with E-state index in [-0.39, 0.29) is 0 Å². The van der Waals surface area contributed by atoms with E-state index in [1.54, 1.807) is 6.07 Å². The number of halogens is 2. The molecule has 0 N–H and O–H groups in total. The second kappa shape index (κ2) is 9.40. The molecule has 3 rings (SSSR count). The molecule has 2 aromatic heterocycles. The first-order valence-corrected chi connectivity index (χ1v) is 9.95. The second-order valence-corrected chi connectivity index (χ2v) is 7.50. The Morgan fingerprint density at radius 2 is 1.96 bits per heavy atom. The maximum atomic E-state index is 6.40. The molecular formula is C20H25Cl2N5. The van der Waals surface area contributed by atoms with Gasteiger partial charge in [-0.05, 0) is 24.6 Å². The highest BCUT2D eigenvalue weighted by atomic mass is 35.5. The third kappa shape index (κ3) is 5.58. The van der Waals surface area contributed by atoms with Crippen LogP contribution < -0.4 is 0 Å². The molecule has 5 nitrogen and oxygen atoms in total. The lowest BCUT2D eigenvalue weighted by Gasteiger charge is -2.24. The Morgan fingerprint density at radius 1 is 1.15 bits per heavy atom. The predicted octanol–water partition coefficient (Wildman–Crippen LogP) is 4.46. The molecule has 3 aromatic rings. The van der Waals surface area contributed by atoms with Crippen molar-refractivity contribution in [3.63, 3.8) is 0 Å². The molecule has 0 radical (unpaired) electrons. The van der Waals surface area contributed by atoms with Gasteiger partial charge in [0.2, 0.25) is 0 Å². The highest BCUT2D eigenvalue weighted by Gasteiger charge is 2.11. The molecule has 0 aliphatic carbocycles. The summed E-state index contributed by atoms with van der Waals surface area (Å²) in [5.41, 5.74) is 2.15. The van der Waals surface area contributed by atoms with Gasteiger partial charge in [-0.25, -0.2) is 9.97 Å². The summed E-state index contributed by atoms with van der Waals surface area (Å²) in [4.78, 5) is 11.1. The summed E-state index contributed by atoms with van der Waals surface area (Å²) in [6, 6.07) is 5.71. The lowest BCUT2D eigenvalue weighted by atomic mass is 10.2. The summed E-state index contributed by atoms with van der Waals surface area (Å²) in [7, 11) is 0. The zero-order valence-electron chi connectivity index (χ0n) is 15.8. The Bertz CT molecular complexity index is 857. The topological polar surface area (TPSA) is 38.9 Å². The van der Waals surface area contributed by atoms with E-state index in [9.17, 15) is 0 Å². The molecule has 2 heterocycles. The third-order valence-corrected chi connectivity index (χ3v) is 5.18. The molecule has 144 valence electrons. The largest absolute Gasteiger partial charge is 0.336 e. The monoisotopic (exact) mass is 405 g/mol. The maximum absolute atomic E-state index is 6.40. The summed E-state index contributed by atoms with van der Waals surface area (Å²) in [6.07, 6.45) is 8.71. The Morgan fingerprint density at radius 3 is 2.67 bits per heavy atom. The first kappa shape index (κ1) is 19.9. The van der Waals surface area contributed by atoms with Gasteiger partial charge in [0, 0.05) is 67.8 Å². The number of rotatable bonds is 9. The molecule has 7 heteroatoms. The molecule has 0 saturated heterocycles. The van der Waals surface area contributed by atoms with Crippen molar-refractivity contribution in [2.75, 3.05) is 13.1 Å². The van der Waals surface area contributed by atoms with E-state index in [4.69, 9.17) is 23.2 Å². The van der Waals surface area contributed by atoms with Crippen LogP contribution in [0, 0.1) is 6.92 Å². The van der Waals surface area contributed by atoms with Crippen LogP contribution >= 0.6 is 23.2 Å². The summed E-state index contributed by atoms with van der Waals surface area (Å²) in [6.45, 7) is 8.57. The first-order chi connectivity index (χ1) is 13.0. The zero-order chi connectivity index (χ0) is 19.2. The van der Waals surface area contributed by atoms with Crippen LogP contribution in [0.25, 0.3) is 0 Å². The minimum Gasteiger partial charge on any atom is -0.336 e. The lowest BCUT2D eigenvalue weighted by molar-refractivity contribution is 0.243. The molecule has 0 aliphatic heterocycles. The van der Waals surface area contributed by atoms with Gasteiger partial charge in [0.1, 0.15) is 5.82 Å². The van der Waals surface area contributed by atoms with Crippen LogP contribution in [0.5, 0.6) is 0 Å². The van der Waals surface area contributed by atoms with E-state index in [2.05, 4.69) is 37.1 Å². The molecule has 0 spiro atoms. The fraction of sp³-hybridized carbons (Fsp3) is 0.400. The van der Waals surface area contributed by atoms with Gasteiger partial charge in [-0.3, -0.25) is 4.90 Å². The van der Waals surface area contributed by atoms with Crippen molar-refractivity contribution in [1.29, 1.82) is 0 Å². The number of aryl methyl sites for hydroxylation is 2. The van der Waals surface area contributed by atoms with Crippen molar-refractivity contribution < 1.29 is 0 Å². The third-order valence-electron chi connectivity index (χ3n) is 4.60. The van der Waals surface area contributed by atoms with E-state index in [1.165, 1.54) is 0 Å². The van der Waals surface area contributed by atoms with E-state index >= 15 is 0 Å². The first-order valence-electron chi connectivity index (χ1n) is 9.20. The highest BCUT2D eigenvalue weighted by molar-refractivity contribution is 6.35. The number of hydrogen-bond acceptors (Lipinski definition) is 3. The van der Waals surface area contributed by atoms with Gasteiger partial charge in [0.15, 0.2) is 0 Å². The Hall–Kier alpha value is -1.82. The molecule has 27 heavy (non-hydrogen) atoms. The summed E-state index contributed by atoms with van der Waals surface area (Å²) >= 11 is 12.4. The van der Waals surface area contributed by atoms with Crippen molar-refractivity contribution in [2.45, 2.75) is 39.9 Å². The molecular weight excluding hydrogens is 381 g/mol. The van der Waals surface area contributed by atoms with Crippen LogP contribution in [0.15, 0.2) is 43.1 Å². The van der Waals surface area contributed by atoms with Crippen molar-refractivity contribution in [3.05, 3.63) is 70.2 Å². The molecule has 0 bridgehead atoms. The van der Waals surface area contributed by atoms with E-state index < -0.39 is 0 Å². The number of benzene rings is 1. The predicted molar refractivity (Wildman–Crippen MR) is 110 cm³/mol. The van der Waals surface area contributed by atoms with E-state index in [0.717, 1.165) is 56.2 Å². The molecule has 0 amide bonds. The van der Waals surface area contributed by atoms with Crippen molar-refractivity contribution in [1.82, 2.24) is 24.0 Å². The SMILES string of the molecule is CCc1nc(C)cn1CCN(CCn1ccnc1)Cc1ccc(Cl)cc1Cl. The molecule has 0 unspecified atom stereocenters. The number of hydrogen-bond donors (Lipinski definition) is 0. The fourth-order valence-electron chi connectivity index (χ4n) is 3.16. The zero-order valence-corrected chi connectivity index (χ0v) is 17.3.